The van der Waals surface area contributed by atoms with Crippen molar-refractivity contribution in [2.45, 2.75) is 31.7 Å². The molecule has 2 aliphatic heterocycles. The number of carbonyl (C=O) groups is 2. The molecule has 1 N–H and O–H groups in total. The number of hydrogen-bond donors (Lipinski definition) is 1. The molecule has 1 atom stereocenters. The Kier molecular flexibility index (Phi) is 5.72. The van der Waals surface area contributed by atoms with E-state index >= 15 is 0 Å². The molecule has 0 spiro atoms. The standard InChI is InChI=1S/C23H27N3O2/c27-22-12-7-15-26(22)20-11-6-10-19(16-20)23(28)24-17-21(25-13-4-5-14-25)18-8-2-1-3-9-18/h1-3,6,8-11,16,21H,4-5,7,12-15,17H2,(H,24,28). The summed E-state index contributed by atoms with van der Waals surface area (Å²) < 4.78 is 0. The predicted octanol–water partition coefficient (Wildman–Crippen LogP) is 3.38. The van der Waals surface area contributed by atoms with Gasteiger partial charge in [-0.2, -0.15) is 0 Å². The highest BCUT2D eigenvalue weighted by molar-refractivity contribution is 5.99. The van der Waals surface area contributed by atoms with Gasteiger partial charge in [0.2, 0.25) is 5.91 Å². The van der Waals surface area contributed by atoms with E-state index < -0.39 is 0 Å². The SMILES string of the molecule is O=C(NCC(c1ccccc1)N1CCCC1)c1cccc(N2CCCC2=O)c1. The van der Waals surface area contributed by atoms with Crippen molar-refractivity contribution in [1.29, 1.82) is 0 Å². The summed E-state index contributed by atoms with van der Waals surface area (Å²) in [7, 11) is 0. The predicted molar refractivity (Wildman–Crippen MR) is 110 cm³/mol. The van der Waals surface area contributed by atoms with Gasteiger partial charge >= 0.3 is 0 Å². The fourth-order valence-corrected chi connectivity index (χ4v) is 4.21. The molecular formula is C23H27N3O2. The van der Waals surface area contributed by atoms with E-state index in [1.54, 1.807) is 4.90 Å². The molecule has 2 amide bonds. The molecule has 2 aromatic carbocycles. The van der Waals surface area contributed by atoms with Crippen LogP contribution < -0.4 is 10.2 Å². The van der Waals surface area contributed by atoms with E-state index in [4.69, 9.17) is 0 Å². The minimum absolute atomic E-state index is 0.0892. The van der Waals surface area contributed by atoms with Gasteiger partial charge in [0.1, 0.15) is 0 Å². The van der Waals surface area contributed by atoms with E-state index in [0.717, 1.165) is 31.7 Å². The number of nitrogens with zero attached hydrogens (tertiary/aromatic N) is 2. The molecule has 2 fully saturated rings. The second kappa shape index (κ2) is 8.57. The zero-order valence-corrected chi connectivity index (χ0v) is 16.1. The summed E-state index contributed by atoms with van der Waals surface area (Å²) in [5.74, 6) is 0.0457. The number of rotatable bonds is 6. The molecule has 146 valence electrons. The van der Waals surface area contributed by atoms with Gasteiger partial charge < -0.3 is 10.2 Å². The highest BCUT2D eigenvalue weighted by atomic mass is 16.2. The summed E-state index contributed by atoms with van der Waals surface area (Å²) in [5.41, 5.74) is 2.65. The molecule has 4 rings (SSSR count). The van der Waals surface area contributed by atoms with Crippen LogP contribution in [0.5, 0.6) is 0 Å². The zero-order chi connectivity index (χ0) is 19.3. The maximum atomic E-state index is 12.8. The quantitative estimate of drug-likeness (QED) is 0.840. The molecule has 0 aromatic heterocycles. The lowest BCUT2D eigenvalue weighted by atomic mass is 10.1. The second-order valence-corrected chi connectivity index (χ2v) is 7.58. The highest BCUT2D eigenvalue weighted by Gasteiger charge is 2.25. The van der Waals surface area contributed by atoms with E-state index in [-0.39, 0.29) is 17.9 Å². The van der Waals surface area contributed by atoms with Crippen LogP contribution in [0.1, 0.15) is 47.6 Å². The zero-order valence-electron chi connectivity index (χ0n) is 16.1. The first-order valence-corrected chi connectivity index (χ1v) is 10.2. The van der Waals surface area contributed by atoms with Crippen molar-refractivity contribution < 1.29 is 9.59 Å². The number of carbonyl (C=O) groups excluding carboxylic acids is 2. The van der Waals surface area contributed by atoms with Crippen molar-refractivity contribution in [1.82, 2.24) is 10.2 Å². The van der Waals surface area contributed by atoms with Gasteiger partial charge in [0, 0.05) is 30.8 Å². The van der Waals surface area contributed by atoms with Gasteiger partial charge in [-0.3, -0.25) is 14.5 Å². The van der Waals surface area contributed by atoms with Crippen molar-refractivity contribution in [2.75, 3.05) is 31.1 Å². The molecule has 2 heterocycles. The average Bonchev–Trinajstić information content (AvgIpc) is 3.41. The number of benzene rings is 2. The Balaban J connectivity index is 1.46. The largest absolute Gasteiger partial charge is 0.350 e. The van der Waals surface area contributed by atoms with Gasteiger partial charge in [0.05, 0.1) is 6.04 Å². The molecule has 2 aliphatic rings. The van der Waals surface area contributed by atoms with Crippen molar-refractivity contribution >= 4 is 17.5 Å². The summed E-state index contributed by atoms with van der Waals surface area (Å²) in [6.45, 7) is 3.45. The summed E-state index contributed by atoms with van der Waals surface area (Å²) in [6.07, 6.45) is 3.89. The molecule has 2 saturated heterocycles. The Morgan fingerprint density at radius 3 is 2.46 bits per heavy atom. The Labute approximate surface area is 166 Å². The van der Waals surface area contributed by atoms with Crippen LogP contribution in [-0.2, 0) is 4.79 Å². The average molecular weight is 377 g/mol. The van der Waals surface area contributed by atoms with Gasteiger partial charge in [0.15, 0.2) is 0 Å². The van der Waals surface area contributed by atoms with Crippen LogP contribution in [0.4, 0.5) is 5.69 Å². The van der Waals surface area contributed by atoms with E-state index in [1.165, 1.54) is 18.4 Å². The highest BCUT2D eigenvalue weighted by Crippen LogP contribution is 2.25. The minimum Gasteiger partial charge on any atom is -0.350 e. The third-order valence-electron chi connectivity index (χ3n) is 5.72. The van der Waals surface area contributed by atoms with E-state index in [0.29, 0.717) is 18.5 Å². The van der Waals surface area contributed by atoms with Crippen molar-refractivity contribution in [2.24, 2.45) is 0 Å². The molecule has 0 aliphatic carbocycles. The monoisotopic (exact) mass is 377 g/mol. The Bertz CT molecular complexity index is 831. The maximum Gasteiger partial charge on any atom is 0.251 e. The lowest BCUT2D eigenvalue weighted by Crippen LogP contribution is -2.36. The number of likely N-dealkylation sites (tertiary alicyclic amines) is 1. The summed E-state index contributed by atoms with van der Waals surface area (Å²) >= 11 is 0. The molecule has 5 nitrogen and oxygen atoms in total. The van der Waals surface area contributed by atoms with E-state index in [9.17, 15) is 9.59 Å². The first-order chi connectivity index (χ1) is 13.7. The number of amides is 2. The molecule has 0 bridgehead atoms. The molecule has 5 heteroatoms. The van der Waals surface area contributed by atoms with Crippen LogP contribution in [0.15, 0.2) is 54.6 Å². The van der Waals surface area contributed by atoms with Crippen LogP contribution in [0.3, 0.4) is 0 Å². The van der Waals surface area contributed by atoms with Crippen molar-refractivity contribution in [3.63, 3.8) is 0 Å². The molecule has 1 unspecified atom stereocenters. The van der Waals surface area contributed by atoms with Gasteiger partial charge in [-0.1, -0.05) is 36.4 Å². The first-order valence-electron chi connectivity index (χ1n) is 10.2. The van der Waals surface area contributed by atoms with Crippen LogP contribution >= 0.6 is 0 Å². The lowest BCUT2D eigenvalue weighted by Gasteiger charge is -2.28. The number of hydrogen-bond acceptors (Lipinski definition) is 3. The van der Waals surface area contributed by atoms with Crippen LogP contribution in [0.25, 0.3) is 0 Å². The molecule has 2 aromatic rings. The smallest absolute Gasteiger partial charge is 0.251 e. The van der Waals surface area contributed by atoms with Gasteiger partial charge in [-0.05, 0) is 56.1 Å². The number of anilines is 1. The fraction of sp³-hybridized carbons (Fsp3) is 0.391. The Morgan fingerprint density at radius 1 is 0.964 bits per heavy atom. The summed E-state index contributed by atoms with van der Waals surface area (Å²) in [6, 6.07) is 18.0. The summed E-state index contributed by atoms with van der Waals surface area (Å²) in [4.78, 5) is 29.0. The Morgan fingerprint density at radius 2 is 1.75 bits per heavy atom. The fourth-order valence-electron chi connectivity index (χ4n) is 4.21. The van der Waals surface area contributed by atoms with Crippen molar-refractivity contribution in [3.8, 4) is 0 Å². The van der Waals surface area contributed by atoms with E-state index in [2.05, 4.69) is 34.5 Å². The van der Waals surface area contributed by atoms with Crippen LogP contribution in [0.2, 0.25) is 0 Å². The summed E-state index contributed by atoms with van der Waals surface area (Å²) in [5, 5.41) is 3.12. The normalized spacial score (nSPS) is 18.4. The van der Waals surface area contributed by atoms with E-state index in [1.807, 2.05) is 30.3 Å². The van der Waals surface area contributed by atoms with Crippen LogP contribution in [-0.4, -0.2) is 42.9 Å². The third kappa shape index (κ3) is 4.09. The molecule has 0 radical (unpaired) electrons. The molecular weight excluding hydrogens is 350 g/mol. The van der Waals surface area contributed by atoms with Gasteiger partial charge in [-0.15, -0.1) is 0 Å². The maximum absolute atomic E-state index is 12.8. The number of nitrogens with one attached hydrogen (secondary N) is 1. The lowest BCUT2D eigenvalue weighted by molar-refractivity contribution is -0.117. The Hall–Kier alpha value is -2.66. The van der Waals surface area contributed by atoms with Gasteiger partial charge in [0.25, 0.3) is 5.91 Å². The second-order valence-electron chi connectivity index (χ2n) is 7.58. The van der Waals surface area contributed by atoms with Crippen molar-refractivity contribution in [3.05, 3.63) is 65.7 Å². The molecule has 28 heavy (non-hydrogen) atoms. The first kappa shape index (κ1) is 18.7. The topological polar surface area (TPSA) is 52.7 Å². The van der Waals surface area contributed by atoms with Crippen LogP contribution in [0, 0.1) is 0 Å². The van der Waals surface area contributed by atoms with Gasteiger partial charge in [-0.25, -0.2) is 0 Å². The minimum atomic E-state index is -0.0892. The molecule has 0 saturated carbocycles. The third-order valence-corrected chi connectivity index (χ3v) is 5.72.